The van der Waals surface area contributed by atoms with Crippen LogP contribution >= 0.6 is 0 Å². The molecule has 0 spiro atoms. The Morgan fingerprint density at radius 1 is 1.37 bits per heavy atom. The maximum atomic E-state index is 13.6. The molecular weight excluding hydrogens is 247 g/mol. The number of carbonyl (C=O) groups excluding carboxylic acids is 1. The van der Waals surface area contributed by atoms with Crippen molar-refractivity contribution < 1.29 is 19.0 Å². The monoisotopic (exact) mass is 266 g/mol. The summed E-state index contributed by atoms with van der Waals surface area (Å²) in [6.45, 7) is 1.50. The summed E-state index contributed by atoms with van der Waals surface area (Å²) >= 11 is 0. The average Bonchev–Trinajstić information content (AvgIpc) is 2.37. The number of rotatable bonds is 4. The van der Waals surface area contributed by atoms with Gasteiger partial charge in [-0.1, -0.05) is 19.3 Å². The minimum absolute atomic E-state index is 0.0590. The van der Waals surface area contributed by atoms with Crippen molar-refractivity contribution in [3.63, 3.8) is 0 Å². The molecule has 1 aliphatic carbocycles. The van der Waals surface area contributed by atoms with Crippen LogP contribution in [0.3, 0.4) is 0 Å². The molecule has 3 nitrogen and oxygen atoms in total. The lowest BCUT2D eigenvalue weighted by atomic mass is 9.85. The van der Waals surface area contributed by atoms with Gasteiger partial charge < -0.3 is 9.84 Å². The highest BCUT2D eigenvalue weighted by atomic mass is 19.1. The van der Waals surface area contributed by atoms with Gasteiger partial charge in [0, 0.05) is 6.07 Å². The third kappa shape index (κ3) is 3.53. The van der Waals surface area contributed by atoms with Crippen LogP contribution in [0.5, 0.6) is 5.75 Å². The molecule has 0 unspecified atom stereocenters. The second kappa shape index (κ2) is 5.70. The van der Waals surface area contributed by atoms with Gasteiger partial charge in [0.1, 0.15) is 18.2 Å². The lowest BCUT2D eigenvalue weighted by molar-refractivity contribution is -0.0339. The van der Waals surface area contributed by atoms with Crippen molar-refractivity contribution in [1.29, 1.82) is 0 Å². The lowest BCUT2D eigenvalue weighted by Gasteiger charge is -2.31. The van der Waals surface area contributed by atoms with Crippen molar-refractivity contribution in [1.82, 2.24) is 0 Å². The Hall–Kier alpha value is -1.42. The Bertz CT molecular complexity index is 464. The molecule has 19 heavy (non-hydrogen) atoms. The maximum Gasteiger partial charge on any atom is 0.162 e. The summed E-state index contributed by atoms with van der Waals surface area (Å²) in [6, 6.07) is 4.17. The number of ketones is 1. The van der Waals surface area contributed by atoms with Gasteiger partial charge in [-0.15, -0.1) is 0 Å². The molecule has 0 bridgehead atoms. The molecule has 0 saturated heterocycles. The molecule has 1 aliphatic rings. The van der Waals surface area contributed by atoms with Gasteiger partial charge in [-0.25, -0.2) is 4.39 Å². The summed E-state index contributed by atoms with van der Waals surface area (Å²) in [5, 5.41) is 10.3. The summed E-state index contributed by atoms with van der Waals surface area (Å²) in [5.74, 6) is -0.544. The molecule has 1 saturated carbocycles. The Labute approximate surface area is 112 Å². The fourth-order valence-corrected chi connectivity index (χ4v) is 2.44. The van der Waals surface area contributed by atoms with Crippen LogP contribution in [0.1, 0.15) is 49.4 Å². The van der Waals surface area contributed by atoms with E-state index in [4.69, 9.17) is 4.74 Å². The molecule has 104 valence electrons. The second-order valence-electron chi connectivity index (χ2n) is 5.27. The number of hydrogen-bond acceptors (Lipinski definition) is 3. The largest absolute Gasteiger partial charge is 0.490 e. The quantitative estimate of drug-likeness (QED) is 0.852. The molecule has 2 rings (SSSR count). The Balaban J connectivity index is 2.00. The molecule has 1 aromatic rings. The summed E-state index contributed by atoms with van der Waals surface area (Å²) in [6.07, 6.45) is 4.58. The molecule has 4 heteroatoms. The highest BCUT2D eigenvalue weighted by Gasteiger charge is 2.30. The Morgan fingerprint density at radius 2 is 2.05 bits per heavy atom. The van der Waals surface area contributed by atoms with Crippen molar-refractivity contribution in [2.75, 3.05) is 6.61 Å². The van der Waals surface area contributed by atoms with Gasteiger partial charge in [-0.2, -0.15) is 0 Å². The van der Waals surface area contributed by atoms with Gasteiger partial charge in [0.05, 0.1) is 11.2 Å². The normalized spacial score (nSPS) is 18.1. The maximum absolute atomic E-state index is 13.6. The average molecular weight is 266 g/mol. The van der Waals surface area contributed by atoms with Crippen LogP contribution in [0, 0.1) is 5.82 Å². The van der Waals surface area contributed by atoms with Gasteiger partial charge in [0.2, 0.25) is 0 Å². The number of benzene rings is 1. The highest BCUT2D eigenvalue weighted by Crippen LogP contribution is 2.29. The van der Waals surface area contributed by atoms with Crippen molar-refractivity contribution >= 4 is 5.78 Å². The topological polar surface area (TPSA) is 46.5 Å². The summed E-state index contributed by atoms with van der Waals surface area (Å²) in [4.78, 5) is 11.1. The number of halogens is 1. The number of Topliss-reactive ketones (excluding diaryl/α,β-unsaturated/α-hetero) is 1. The highest BCUT2D eigenvalue weighted by molar-refractivity contribution is 5.94. The summed E-state index contributed by atoms with van der Waals surface area (Å²) < 4.78 is 19.1. The molecule has 0 atom stereocenters. The zero-order valence-electron chi connectivity index (χ0n) is 11.1. The standard InChI is InChI=1S/C15H19FO3/c1-11(17)13-6-5-12(9-14(13)16)19-10-15(18)7-3-2-4-8-15/h5-6,9,18H,2-4,7-8,10H2,1H3. The first kappa shape index (κ1) is 14.0. The van der Waals surface area contributed by atoms with Crippen LogP contribution in [-0.4, -0.2) is 23.1 Å². The molecule has 0 amide bonds. The smallest absolute Gasteiger partial charge is 0.162 e. The first-order chi connectivity index (χ1) is 9.00. The number of hydrogen-bond donors (Lipinski definition) is 1. The second-order valence-corrected chi connectivity index (χ2v) is 5.27. The van der Waals surface area contributed by atoms with Crippen molar-refractivity contribution in [2.45, 2.75) is 44.6 Å². The van der Waals surface area contributed by atoms with Crippen molar-refractivity contribution in [3.05, 3.63) is 29.6 Å². The predicted octanol–water partition coefficient (Wildman–Crippen LogP) is 3.10. The molecule has 1 N–H and O–H groups in total. The fourth-order valence-electron chi connectivity index (χ4n) is 2.44. The molecule has 0 aliphatic heterocycles. The van der Waals surface area contributed by atoms with Gasteiger partial charge in [-0.05, 0) is 31.9 Å². The van der Waals surface area contributed by atoms with E-state index in [9.17, 15) is 14.3 Å². The van der Waals surface area contributed by atoms with Gasteiger partial charge >= 0.3 is 0 Å². The number of aliphatic hydroxyl groups is 1. The van der Waals surface area contributed by atoms with Gasteiger partial charge in [-0.3, -0.25) is 4.79 Å². The zero-order valence-corrected chi connectivity index (χ0v) is 11.1. The molecule has 0 heterocycles. The first-order valence-corrected chi connectivity index (χ1v) is 6.66. The summed E-state index contributed by atoms with van der Waals surface area (Å²) in [7, 11) is 0. The minimum atomic E-state index is -0.798. The molecule has 0 radical (unpaired) electrons. The first-order valence-electron chi connectivity index (χ1n) is 6.66. The SMILES string of the molecule is CC(=O)c1ccc(OCC2(O)CCCCC2)cc1F. The third-order valence-corrected chi connectivity index (χ3v) is 3.61. The molecular formula is C15H19FO3. The van der Waals surface area contributed by atoms with E-state index in [0.717, 1.165) is 32.1 Å². The predicted molar refractivity (Wildman–Crippen MR) is 69.9 cm³/mol. The van der Waals surface area contributed by atoms with E-state index in [1.807, 2.05) is 0 Å². The number of carbonyl (C=O) groups is 1. The summed E-state index contributed by atoms with van der Waals surface area (Å²) in [5.41, 5.74) is -0.739. The molecule has 1 fully saturated rings. The van der Waals surface area contributed by atoms with Crippen LogP contribution in [-0.2, 0) is 0 Å². The fraction of sp³-hybridized carbons (Fsp3) is 0.533. The van der Waals surface area contributed by atoms with E-state index in [0.29, 0.717) is 5.75 Å². The van der Waals surface area contributed by atoms with Gasteiger partial charge in [0.25, 0.3) is 0 Å². The van der Waals surface area contributed by atoms with E-state index >= 15 is 0 Å². The van der Waals surface area contributed by atoms with Crippen LogP contribution < -0.4 is 4.74 Å². The molecule has 0 aromatic heterocycles. The van der Waals surface area contributed by atoms with Crippen molar-refractivity contribution in [3.8, 4) is 5.75 Å². The van der Waals surface area contributed by atoms with Crippen molar-refractivity contribution in [2.24, 2.45) is 0 Å². The van der Waals surface area contributed by atoms with E-state index < -0.39 is 11.4 Å². The van der Waals surface area contributed by atoms with E-state index in [1.165, 1.54) is 19.1 Å². The molecule has 1 aromatic carbocycles. The van der Waals surface area contributed by atoms with E-state index in [2.05, 4.69) is 0 Å². The minimum Gasteiger partial charge on any atom is -0.490 e. The van der Waals surface area contributed by atoms with Gasteiger partial charge in [0.15, 0.2) is 5.78 Å². The third-order valence-electron chi connectivity index (χ3n) is 3.61. The van der Waals surface area contributed by atoms with E-state index in [-0.39, 0.29) is 18.0 Å². The van der Waals surface area contributed by atoms with Crippen LogP contribution in [0.4, 0.5) is 4.39 Å². The Kier molecular flexibility index (Phi) is 4.20. The zero-order chi connectivity index (χ0) is 13.9. The van der Waals surface area contributed by atoms with Crippen LogP contribution in [0.25, 0.3) is 0 Å². The van der Waals surface area contributed by atoms with E-state index in [1.54, 1.807) is 6.07 Å². The van der Waals surface area contributed by atoms with Crippen LogP contribution in [0.2, 0.25) is 0 Å². The van der Waals surface area contributed by atoms with Crippen LogP contribution in [0.15, 0.2) is 18.2 Å². The Morgan fingerprint density at radius 3 is 2.63 bits per heavy atom. The number of ether oxygens (including phenoxy) is 1. The lowest BCUT2D eigenvalue weighted by Crippen LogP contribution is -2.37.